The molecule has 0 saturated heterocycles. The lowest BCUT2D eigenvalue weighted by atomic mass is 10.1. The van der Waals surface area contributed by atoms with Crippen LogP contribution in [-0.4, -0.2) is 41.2 Å². The molecule has 0 spiro atoms. The number of esters is 2. The number of fused-ring (bicyclic) bond motifs is 2. The highest BCUT2D eigenvalue weighted by Crippen LogP contribution is 2.61. The van der Waals surface area contributed by atoms with E-state index in [9.17, 15) is 24.1 Å². The Morgan fingerprint density at radius 2 is 1.38 bits per heavy atom. The summed E-state index contributed by atoms with van der Waals surface area (Å²) >= 11 is 32.2. The van der Waals surface area contributed by atoms with Crippen LogP contribution in [-0.2, 0) is 14.0 Å². The molecule has 0 saturated carbocycles. The van der Waals surface area contributed by atoms with Gasteiger partial charge in [0, 0.05) is 25.8 Å². The maximum absolute atomic E-state index is 11.5. The Morgan fingerprint density at radius 3 is 1.90 bits per heavy atom. The molecule has 208 valence electrons. The van der Waals surface area contributed by atoms with Crippen molar-refractivity contribution >= 4 is 128 Å². The number of halogens is 7. The van der Waals surface area contributed by atoms with Gasteiger partial charge in [0.25, 0.3) is 5.56 Å². The normalized spacial score (nSPS) is 10.7. The molecule has 0 fully saturated rings. The first-order valence-corrected chi connectivity index (χ1v) is 16.7. The van der Waals surface area contributed by atoms with E-state index >= 15 is 0 Å². The Bertz CT molecular complexity index is 1670. The van der Waals surface area contributed by atoms with Crippen molar-refractivity contribution in [2.24, 2.45) is 0 Å². The molecule has 0 radical (unpaired) electrons. The van der Waals surface area contributed by atoms with Gasteiger partial charge in [-0.05, 0) is 95.9 Å². The largest absolute Gasteiger partial charge is 0.507 e. The number of rotatable bonds is 2. The summed E-state index contributed by atoms with van der Waals surface area (Å²) < 4.78 is 19.9. The highest BCUT2D eigenvalue weighted by atomic mass is 79.9. The third-order valence-corrected chi connectivity index (χ3v) is 6.35. The van der Waals surface area contributed by atoms with Gasteiger partial charge < -0.3 is 19.6 Å². The molecule has 17 heteroatoms. The summed E-state index contributed by atoms with van der Waals surface area (Å²) in [5.74, 6) is -1.11. The van der Waals surface area contributed by atoms with Crippen molar-refractivity contribution in [3.63, 3.8) is 0 Å². The van der Waals surface area contributed by atoms with E-state index in [1.807, 2.05) is 0 Å². The molecule has 9 nitrogen and oxygen atoms in total. The number of aromatic nitrogens is 2. The Balaban J connectivity index is 0.000000234. The van der Waals surface area contributed by atoms with E-state index in [0.717, 1.165) is 11.5 Å². The fraction of sp³-hybridized carbons (Fsp3) is 0.0909. The van der Waals surface area contributed by atoms with Gasteiger partial charge in [0.15, 0.2) is 0 Å². The molecule has 0 unspecified atom stereocenters. The number of nitrogens with one attached hydrogen (secondary N) is 1. The van der Waals surface area contributed by atoms with Gasteiger partial charge >= 0.3 is 17.1 Å². The van der Waals surface area contributed by atoms with Gasteiger partial charge in [-0.25, -0.2) is 14.6 Å². The molecule has 2 aromatic carbocycles. The lowest BCUT2D eigenvalue weighted by molar-refractivity contribution is 0.0591. The predicted octanol–water partition coefficient (Wildman–Crippen LogP) is 8.68. The van der Waals surface area contributed by atoms with Crippen molar-refractivity contribution < 1.29 is 28.7 Å². The lowest BCUT2D eigenvalue weighted by Crippen LogP contribution is -2.06. The number of hydrogen-bond acceptors (Lipinski definition) is 8. The minimum atomic E-state index is -3.22. The van der Waals surface area contributed by atoms with E-state index < -0.39 is 22.7 Å². The van der Waals surface area contributed by atoms with Crippen LogP contribution in [0.25, 0.3) is 21.8 Å². The first-order valence-electron chi connectivity index (χ1n) is 9.92. The number of aromatic hydroxyl groups is 1. The van der Waals surface area contributed by atoms with Gasteiger partial charge in [-0.15, -0.1) is 0 Å². The van der Waals surface area contributed by atoms with Crippen LogP contribution >= 0.6 is 94.0 Å². The van der Waals surface area contributed by atoms with Gasteiger partial charge in [-0.1, -0.05) is 23.2 Å². The summed E-state index contributed by atoms with van der Waals surface area (Å²) in [5.41, 5.74) is 1.14. The van der Waals surface area contributed by atoms with Crippen LogP contribution in [0.4, 0.5) is 0 Å². The molecule has 0 aliphatic heterocycles. The minimum Gasteiger partial charge on any atom is -0.507 e. The third kappa shape index (κ3) is 9.79. The average molecular weight is 786 g/mol. The molecule has 0 atom stereocenters. The van der Waals surface area contributed by atoms with Crippen LogP contribution in [0.2, 0.25) is 10.2 Å². The van der Waals surface area contributed by atoms with Gasteiger partial charge in [0.2, 0.25) is 0 Å². The summed E-state index contributed by atoms with van der Waals surface area (Å²) in [4.78, 5) is 40.8. The number of H-pyrrole nitrogens is 1. The highest BCUT2D eigenvalue weighted by molar-refractivity contribution is 9.10. The van der Waals surface area contributed by atoms with E-state index in [4.69, 9.17) is 23.2 Å². The van der Waals surface area contributed by atoms with E-state index in [1.54, 1.807) is 24.3 Å². The predicted molar refractivity (Wildman–Crippen MR) is 161 cm³/mol. The summed E-state index contributed by atoms with van der Waals surface area (Å²) in [7, 11) is 2.58. The van der Waals surface area contributed by atoms with Crippen LogP contribution in [0.5, 0.6) is 5.75 Å². The van der Waals surface area contributed by atoms with Gasteiger partial charge in [-0.2, -0.15) is 0 Å². The van der Waals surface area contributed by atoms with E-state index in [0.29, 0.717) is 36.0 Å². The fourth-order valence-corrected chi connectivity index (χ4v) is 4.49. The molecule has 39 heavy (non-hydrogen) atoms. The van der Waals surface area contributed by atoms with Gasteiger partial charge in [-0.3, -0.25) is 9.36 Å². The summed E-state index contributed by atoms with van der Waals surface area (Å²) in [6, 6.07) is 8.93. The molecule has 0 bridgehead atoms. The van der Waals surface area contributed by atoms with Crippen LogP contribution < -0.4 is 5.56 Å². The first-order chi connectivity index (χ1) is 18.0. The summed E-state index contributed by atoms with van der Waals surface area (Å²) in [6.45, 7) is 0. The van der Waals surface area contributed by atoms with Crippen LogP contribution in [0, 0.1) is 0 Å². The molecular formula is C22H14Br2Cl5N2O7P. The van der Waals surface area contributed by atoms with Crippen molar-refractivity contribution in [3.05, 3.63) is 77.0 Å². The quantitative estimate of drug-likeness (QED) is 0.117. The van der Waals surface area contributed by atoms with Crippen molar-refractivity contribution in [2.75, 3.05) is 14.2 Å². The second kappa shape index (κ2) is 14.4. The number of ether oxygens (including phenoxy) is 2. The minimum absolute atomic E-state index is 0.138. The topological polar surface area (TPSA) is 136 Å². The number of nitrogens with zero attached hydrogens (tertiary/aromatic N) is 1. The van der Waals surface area contributed by atoms with Crippen molar-refractivity contribution in [1.82, 2.24) is 9.97 Å². The van der Waals surface area contributed by atoms with Crippen LogP contribution in [0.3, 0.4) is 0 Å². The van der Waals surface area contributed by atoms with Crippen LogP contribution in [0.1, 0.15) is 20.7 Å². The summed E-state index contributed by atoms with van der Waals surface area (Å²) in [5, 5.41) is 8.31. The Morgan fingerprint density at radius 1 is 0.897 bits per heavy atom. The summed E-state index contributed by atoms with van der Waals surface area (Å²) in [6.07, 6.45) is 0. The van der Waals surface area contributed by atoms with Crippen LogP contribution in [0.15, 0.2) is 50.1 Å². The second-order valence-electron chi connectivity index (χ2n) is 7.05. The molecule has 2 aromatic heterocycles. The zero-order valence-corrected chi connectivity index (χ0v) is 27.2. The van der Waals surface area contributed by atoms with E-state index in [-0.39, 0.29) is 16.5 Å². The molecular weight excluding hydrogens is 772 g/mol. The maximum atomic E-state index is 11.5. The number of benzene rings is 2. The molecule has 0 amide bonds. The average Bonchev–Trinajstić information content (AvgIpc) is 2.82. The third-order valence-electron chi connectivity index (χ3n) is 4.54. The van der Waals surface area contributed by atoms with Crippen molar-refractivity contribution in [3.8, 4) is 5.75 Å². The number of methoxy groups -OCH3 is 2. The molecule has 2 heterocycles. The van der Waals surface area contributed by atoms with E-state index in [2.05, 4.69) is 85.0 Å². The number of carbonyl (C=O) groups excluding carboxylic acids is 2. The first kappa shape index (κ1) is 33.6. The van der Waals surface area contributed by atoms with Crippen molar-refractivity contribution in [1.29, 1.82) is 0 Å². The van der Waals surface area contributed by atoms with Gasteiger partial charge in [0.1, 0.15) is 10.9 Å². The molecule has 0 aliphatic carbocycles. The maximum Gasteiger partial charge on any atom is 0.339 e. The number of pyridine rings is 2. The number of hydrogen-bond donors (Lipinski definition) is 2. The molecule has 2 N–H and O–H groups in total. The Kier molecular flexibility index (Phi) is 12.4. The van der Waals surface area contributed by atoms with E-state index in [1.165, 1.54) is 20.3 Å². The SMILES string of the molecule is COC(=O)c1cc2[nH]c(=O)cc(O)c2cc1Br.COC(=O)c1cc2nc(Cl)cc(Cl)c2cc1Br.O=P(Cl)(Cl)Cl. The molecule has 0 aliphatic rings. The van der Waals surface area contributed by atoms with Crippen molar-refractivity contribution in [2.45, 2.75) is 0 Å². The Labute approximate surface area is 261 Å². The standard InChI is InChI=1S/C11H6BrCl2NO2.C11H8BrNO4.Cl3OP/c1-17-11(16)5-3-9-6(2-7(5)12)8(13)4-10(14)15-9;1-17-11(16)5-3-8-6(2-7(5)12)9(14)4-10(15)13-8;1-5(2,3)4/h2-4H,1H3;2-4H,1H3,(H2,13,14,15);. The zero-order chi connectivity index (χ0) is 29.7. The zero-order valence-electron chi connectivity index (χ0n) is 19.4. The second-order valence-corrected chi connectivity index (χ2v) is 16.2. The Hall–Kier alpha value is -1.56. The number of carbonyl (C=O) groups is 2. The monoisotopic (exact) mass is 782 g/mol. The smallest absolute Gasteiger partial charge is 0.339 e. The highest BCUT2D eigenvalue weighted by Gasteiger charge is 2.15. The lowest BCUT2D eigenvalue weighted by Gasteiger charge is -2.06. The number of aromatic amines is 1. The molecule has 4 aromatic rings. The van der Waals surface area contributed by atoms with Gasteiger partial charge in [0.05, 0.1) is 41.4 Å². The fourth-order valence-electron chi connectivity index (χ4n) is 2.97. The molecule has 4 rings (SSSR count).